The highest BCUT2D eigenvalue weighted by molar-refractivity contribution is 5.90. The number of hydrogen-bond donors (Lipinski definition) is 2. The van der Waals surface area contributed by atoms with Crippen LogP contribution in [0.1, 0.15) is 51.5 Å². The Labute approximate surface area is 122 Å². The Morgan fingerprint density at radius 1 is 1.20 bits per heavy atom. The molecular weight excluding hydrogens is 248 g/mol. The number of carbonyl (C=O) groups excluding carboxylic acids is 1. The molecule has 112 valence electrons. The summed E-state index contributed by atoms with van der Waals surface area (Å²) in [6, 6.07) is 8.14. The molecule has 3 nitrogen and oxygen atoms in total. The van der Waals surface area contributed by atoms with Crippen molar-refractivity contribution in [1.82, 2.24) is 0 Å². The van der Waals surface area contributed by atoms with Crippen LogP contribution in [0.3, 0.4) is 0 Å². The van der Waals surface area contributed by atoms with Gasteiger partial charge in [0.15, 0.2) is 0 Å². The van der Waals surface area contributed by atoms with Crippen molar-refractivity contribution in [1.29, 1.82) is 0 Å². The van der Waals surface area contributed by atoms with Gasteiger partial charge in [0.25, 0.3) is 0 Å². The van der Waals surface area contributed by atoms with E-state index in [1.165, 1.54) is 5.56 Å². The molecule has 0 aliphatic rings. The first-order valence-electron chi connectivity index (χ1n) is 7.78. The van der Waals surface area contributed by atoms with Crippen LogP contribution in [0.4, 0.5) is 5.69 Å². The van der Waals surface area contributed by atoms with E-state index in [2.05, 4.69) is 31.3 Å². The quantitative estimate of drug-likeness (QED) is 0.722. The van der Waals surface area contributed by atoms with Gasteiger partial charge in [-0.1, -0.05) is 38.8 Å². The summed E-state index contributed by atoms with van der Waals surface area (Å²) >= 11 is 0. The van der Waals surface area contributed by atoms with Crippen LogP contribution in [0, 0.1) is 5.92 Å². The zero-order valence-electron chi connectivity index (χ0n) is 12.8. The molecular formula is C17H28N2O. The summed E-state index contributed by atoms with van der Waals surface area (Å²) in [5, 5.41) is 2.96. The average molecular weight is 276 g/mol. The van der Waals surface area contributed by atoms with Crippen molar-refractivity contribution in [3.8, 4) is 0 Å². The summed E-state index contributed by atoms with van der Waals surface area (Å²) in [5.41, 5.74) is 7.78. The minimum absolute atomic E-state index is 0.101. The van der Waals surface area contributed by atoms with E-state index in [1.807, 2.05) is 12.1 Å². The molecule has 1 rings (SSSR count). The molecule has 0 heterocycles. The van der Waals surface area contributed by atoms with Crippen molar-refractivity contribution in [2.45, 2.75) is 52.4 Å². The third kappa shape index (κ3) is 6.20. The number of rotatable bonds is 9. The Morgan fingerprint density at radius 2 is 1.90 bits per heavy atom. The number of benzene rings is 1. The molecule has 20 heavy (non-hydrogen) atoms. The zero-order chi connectivity index (χ0) is 14.8. The van der Waals surface area contributed by atoms with Gasteiger partial charge in [-0.15, -0.1) is 0 Å². The topological polar surface area (TPSA) is 55.1 Å². The third-order valence-electron chi connectivity index (χ3n) is 3.71. The standard InChI is InChI=1S/C17H28N2O/c1-3-5-15-6-9-16(10-7-15)19-17(20)11-8-14(4-2)12-13-18/h6-7,9-10,14H,3-5,8,11-13,18H2,1-2H3,(H,19,20). The van der Waals surface area contributed by atoms with Gasteiger partial charge in [0.1, 0.15) is 0 Å². The first-order valence-corrected chi connectivity index (χ1v) is 7.78. The van der Waals surface area contributed by atoms with Crippen LogP contribution in [-0.4, -0.2) is 12.5 Å². The lowest BCUT2D eigenvalue weighted by atomic mass is 9.96. The summed E-state index contributed by atoms with van der Waals surface area (Å²) in [6.07, 6.45) is 5.84. The largest absolute Gasteiger partial charge is 0.330 e. The fourth-order valence-corrected chi connectivity index (χ4v) is 2.39. The van der Waals surface area contributed by atoms with Gasteiger partial charge in [0.05, 0.1) is 0 Å². The first kappa shape index (κ1) is 16.7. The highest BCUT2D eigenvalue weighted by Gasteiger charge is 2.09. The Morgan fingerprint density at radius 3 is 2.45 bits per heavy atom. The molecule has 0 aliphatic carbocycles. The van der Waals surface area contributed by atoms with E-state index in [4.69, 9.17) is 5.73 Å². The molecule has 1 amide bonds. The van der Waals surface area contributed by atoms with Gasteiger partial charge >= 0.3 is 0 Å². The van der Waals surface area contributed by atoms with Gasteiger partial charge in [-0.25, -0.2) is 0 Å². The van der Waals surface area contributed by atoms with Crippen LogP contribution < -0.4 is 11.1 Å². The second kappa shape index (κ2) is 9.54. The van der Waals surface area contributed by atoms with Gasteiger partial charge in [-0.05, 0) is 49.4 Å². The Balaban J connectivity index is 2.37. The van der Waals surface area contributed by atoms with Crippen LogP contribution in [0.15, 0.2) is 24.3 Å². The maximum atomic E-state index is 11.9. The van der Waals surface area contributed by atoms with E-state index in [0.29, 0.717) is 18.9 Å². The van der Waals surface area contributed by atoms with Gasteiger partial charge in [0.2, 0.25) is 5.91 Å². The van der Waals surface area contributed by atoms with Crippen LogP contribution in [0.25, 0.3) is 0 Å². The number of amides is 1. The van der Waals surface area contributed by atoms with Gasteiger partial charge < -0.3 is 11.1 Å². The molecule has 1 unspecified atom stereocenters. The Hall–Kier alpha value is -1.35. The maximum Gasteiger partial charge on any atom is 0.224 e. The van der Waals surface area contributed by atoms with Crippen molar-refractivity contribution in [3.05, 3.63) is 29.8 Å². The molecule has 1 atom stereocenters. The molecule has 0 saturated heterocycles. The molecule has 0 radical (unpaired) electrons. The highest BCUT2D eigenvalue weighted by Crippen LogP contribution is 2.16. The smallest absolute Gasteiger partial charge is 0.224 e. The lowest BCUT2D eigenvalue weighted by molar-refractivity contribution is -0.116. The second-order valence-electron chi connectivity index (χ2n) is 5.39. The highest BCUT2D eigenvalue weighted by atomic mass is 16.1. The van der Waals surface area contributed by atoms with E-state index in [-0.39, 0.29) is 5.91 Å². The summed E-state index contributed by atoms with van der Waals surface area (Å²) < 4.78 is 0. The number of aryl methyl sites for hydroxylation is 1. The molecule has 0 saturated carbocycles. The molecule has 1 aromatic rings. The summed E-state index contributed by atoms with van der Waals surface area (Å²) in [6.45, 7) is 5.03. The molecule has 0 spiro atoms. The maximum absolute atomic E-state index is 11.9. The second-order valence-corrected chi connectivity index (χ2v) is 5.39. The van der Waals surface area contributed by atoms with Crippen LogP contribution in [0.5, 0.6) is 0 Å². The fraction of sp³-hybridized carbons (Fsp3) is 0.588. The van der Waals surface area contributed by atoms with Crippen LogP contribution >= 0.6 is 0 Å². The van der Waals surface area contributed by atoms with Crippen molar-refractivity contribution >= 4 is 11.6 Å². The number of anilines is 1. The minimum atomic E-state index is 0.101. The molecule has 3 N–H and O–H groups in total. The number of hydrogen-bond acceptors (Lipinski definition) is 2. The van der Waals surface area contributed by atoms with E-state index in [9.17, 15) is 4.79 Å². The minimum Gasteiger partial charge on any atom is -0.330 e. The van der Waals surface area contributed by atoms with Crippen LogP contribution in [-0.2, 0) is 11.2 Å². The summed E-state index contributed by atoms with van der Waals surface area (Å²) in [7, 11) is 0. The Bertz CT molecular complexity index is 386. The summed E-state index contributed by atoms with van der Waals surface area (Å²) in [4.78, 5) is 11.9. The fourth-order valence-electron chi connectivity index (χ4n) is 2.39. The third-order valence-corrected chi connectivity index (χ3v) is 3.71. The summed E-state index contributed by atoms with van der Waals surface area (Å²) in [5.74, 6) is 0.668. The van der Waals surface area contributed by atoms with E-state index < -0.39 is 0 Å². The number of carbonyl (C=O) groups is 1. The predicted molar refractivity (Wildman–Crippen MR) is 85.8 cm³/mol. The van der Waals surface area contributed by atoms with E-state index >= 15 is 0 Å². The monoisotopic (exact) mass is 276 g/mol. The Kier molecular flexibility index (Phi) is 7.97. The molecule has 0 aromatic heterocycles. The molecule has 0 aliphatic heterocycles. The molecule has 3 heteroatoms. The van der Waals surface area contributed by atoms with Crippen molar-refractivity contribution < 1.29 is 4.79 Å². The van der Waals surface area contributed by atoms with Crippen molar-refractivity contribution in [3.63, 3.8) is 0 Å². The lowest BCUT2D eigenvalue weighted by Crippen LogP contribution is -2.15. The first-order chi connectivity index (χ1) is 9.69. The lowest BCUT2D eigenvalue weighted by Gasteiger charge is -2.13. The van der Waals surface area contributed by atoms with Crippen molar-refractivity contribution in [2.24, 2.45) is 11.7 Å². The van der Waals surface area contributed by atoms with Crippen LogP contribution in [0.2, 0.25) is 0 Å². The molecule has 1 aromatic carbocycles. The van der Waals surface area contributed by atoms with Gasteiger partial charge in [-0.2, -0.15) is 0 Å². The van der Waals surface area contributed by atoms with Gasteiger partial charge in [-0.3, -0.25) is 4.79 Å². The zero-order valence-corrected chi connectivity index (χ0v) is 12.8. The SMILES string of the molecule is CCCc1ccc(NC(=O)CCC(CC)CCN)cc1. The number of nitrogens with one attached hydrogen (secondary N) is 1. The van der Waals surface area contributed by atoms with E-state index in [0.717, 1.165) is 37.8 Å². The molecule has 0 fully saturated rings. The average Bonchev–Trinajstić information content (AvgIpc) is 2.46. The normalized spacial score (nSPS) is 12.2. The molecule has 0 bridgehead atoms. The van der Waals surface area contributed by atoms with Gasteiger partial charge in [0, 0.05) is 12.1 Å². The predicted octanol–water partition coefficient (Wildman–Crippen LogP) is 3.73. The van der Waals surface area contributed by atoms with Crippen molar-refractivity contribution in [2.75, 3.05) is 11.9 Å². The number of nitrogens with two attached hydrogens (primary N) is 1. The van der Waals surface area contributed by atoms with E-state index in [1.54, 1.807) is 0 Å².